The number of Topliss-reactive ketones (excluding diaryl/α,β-unsaturated/α-hetero) is 1. The molecule has 1 aliphatic heterocycles. The van der Waals surface area contributed by atoms with Crippen molar-refractivity contribution in [2.24, 2.45) is 0 Å². The maximum Gasteiger partial charge on any atom is 0.301 e. The molecular weight excluding hydrogens is 495 g/mol. The lowest BCUT2D eigenvalue weighted by Gasteiger charge is -2.23. The Morgan fingerprint density at radius 1 is 1.08 bits per heavy atom. The number of anilines is 1. The molecular formula is C28H23FN2O5S. The third-order valence-corrected chi connectivity index (χ3v) is 7.02. The molecule has 188 valence electrons. The number of hydrogen-bond acceptors (Lipinski definition) is 7. The molecule has 4 aromatic rings. The number of ketones is 1. The number of rotatable bonds is 7. The zero-order valence-corrected chi connectivity index (χ0v) is 20.9. The summed E-state index contributed by atoms with van der Waals surface area (Å²) in [5.74, 6) is -1.35. The first kappa shape index (κ1) is 24.5. The summed E-state index contributed by atoms with van der Waals surface area (Å²) < 4.78 is 25.4. The van der Waals surface area contributed by atoms with Crippen molar-refractivity contribution in [1.29, 1.82) is 0 Å². The molecule has 7 nitrogen and oxygen atoms in total. The molecule has 1 aliphatic rings. The first-order valence-electron chi connectivity index (χ1n) is 11.7. The molecule has 5 rings (SSSR count). The highest BCUT2D eigenvalue weighted by molar-refractivity contribution is 7.22. The number of aliphatic hydroxyl groups excluding tert-OH is 1. The largest absolute Gasteiger partial charge is 0.507 e. The Labute approximate surface area is 216 Å². The van der Waals surface area contributed by atoms with E-state index in [1.54, 1.807) is 49.6 Å². The molecule has 1 amide bonds. The highest BCUT2D eigenvalue weighted by atomic mass is 32.1. The van der Waals surface area contributed by atoms with E-state index in [1.807, 2.05) is 6.92 Å². The summed E-state index contributed by atoms with van der Waals surface area (Å²) in [4.78, 5) is 32.7. The smallest absolute Gasteiger partial charge is 0.301 e. The number of nitrogens with zero attached hydrogens (tertiary/aromatic N) is 2. The molecule has 0 saturated carbocycles. The third kappa shape index (κ3) is 4.53. The number of thiazole rings is 1. The molecule has 3 aromatic carbocycles. The van der Waals surface area contributed by atoms with E-state index >= 15 is 0 Å². The summed E-state index contributed by atoms with van der Waals surface area (Å²) in [6, 6.07) is 16.5. The third-order valence-electron chi connectivity index (χ3n) is 6.00. The minimum absolute atomic E-state index is 0.110. The molecule has 0 aliphatic carbocycles. The Hall–Kier alpha value is -4.24. The predicted molar refractivity (Wildman–Crippen MR) is 140 cm³/mol. The van der Waals surface area contributed by atoms with E-state index in [2.05, 4.69) is 4.98 Å². The average Bonchev–Trinajstić information content (AvgIpc) is 3.45. The van der Waals surface area contributed by atoms with E-state index in [1.165, 1.54) is 40.5 Å². The number of hydrogen-bond donors (Lipinski definition) is 1. The maximum absolute atomic E-state index is 13.5. The monoisotopic (exact) mass is 518 g/mol. The van der Waals surface area contributed by atoms with Crippen molar-refractivity contribution in [3.63, 3.8) is 0 Å². The van der Waals surface area contributed by atoms with Gasteiger partial charge in [-0.25, -0.2) is 9.37 Å². The molecule has 0 bridgehead atoms. The van der Waals surface area contributed by atoms with Gasteiger partial charge in [-0.1, -0.05) is 30.4 Å². The minimum Gasteiger partial charge on any atom is -0.507 e. The van der Waals surface area contributed by atoms with Gasteiger partial charge in [0.05, 0.1) is 35.5 Å². The van der Waals surface area contributed by atoms with Crippen molar-refractivity contribution in [2.75, 3.05) is 18.6 Å². The molecule has 1 atom stereocenters. The first-order valence-corrected chi connectivity index (χ1v) is 12.5. The summed E-state index contributed by atoms with van der Waals surface area (Å²) in [7, 11) is 1.56. The van der Waals surface area contributed by atoms with E-state index in [0.717, 1.165) is 11.1 Å². The van der Waals surface area contributed by atoms with Crippen LogP contribution in [0.25, 0.3) is 16.0 Å². The van der Waals surface area contributed by atoms with Crippen LogP contribution in [0.15, 0.2) is 72.3 Å². The molecule has 1 fully saturated rings. The number of amides is 1. The van der Waals surface area contributed by atoms with Crippen LogP contribution in [0.3, 0.4) is 0 Å². The van der Waals surface area contributed by atoms with Crippen LogP contribution in [0.5, 0.6) is 11.5 Å². The first-order chi connectivity index (χ1) is 17.9. The van der Waals surface area contributed by atoms with Gasteiger partial charge in [0.2, 0.25) is 0 Å². The Morgan fingerprint density at radius 3 is 2.59 bits per heavy atom. The van der Waals surface area contributed by atoms with E-state index < -0.39 is 29.3 Å². The molecule has 2 heterocycles. The Bertz CT molecular complexity index is 1530. The van der Waals surface area contributed by atoms with Gasteiger partial charge < -0.3 is 14.6 Å². The Balaban J connectivity index is 1.69. The SMILES string of the molecule is CCCOc1cccc(C2C(=C(O)c3ccc(F)cc3)C(=O)C(=O)N2c2nc3ccc(OC)cc3s2)c1. The fourth-order valence-corrected chi connectivity index (χ4v) is 5.25. The Kier molecular flexibility index (Phi) is 6.62. The van der Waals surface area contributed by atoms with Crippen LogP contribution in [-0.2, 0) is 9.59 Å². The number of methoxy groups -OCH3 is 1. The van der Waals surface area contributed by atoms with Gasteiger partial charge in [0.1, 0.15) is 23.1 Å². The second kappa shape index (κ2) is 10.0. The van der Waals surface area contributed by atoms with Crippen molar-refractivity contribution >= 4 is 44.1 Å². The highest BCUT2D eigenvalue weighted by Gasteiger charge is 2.48. The van der Waals surface area contributed by atoms with Crippen LogP contribution in [0.4, 0.5) is 9.52 Å². The summed E-state index contributed by atoms with van der Waals surface area (Å²) in [5, 5.41) is 11.5. The van der Waals surface area contributed by atoms with Crippen LogP contribution in [0.2, 0.25) is 0 Å². The second-order valence-electron chi connectivity index (χ2n) is 8.43. The number of aromatic nitrogens is 1. The zero-order valence-electron chi connectivity index (χ0n) is 20.1. The van der Waals surface area contributed by atoms with Gasteiger partial charge in [-0.15, -0.1) is 0 Å². The predicted octanol–water partition coefficient (Wildman–Crippen LogP) is 5.86. The zero-order chi connectivity index (χ0) is 26.1. The standard InChI is InChI=1S/C28H23FN2O5S/c1-3-13-36-20-6-4-5-17(14-20)24-23(25(32)16-7-9-18(29)10-8-16)26(33)27(34)31(24)28-30-21-12-11-19(35-2)15-22(21)37-28/h4-12,14-15,24,32H,3,13H2,1-2H3. The second-order valence-corrected chi connectivity index (χ2v) is 9.44. The van der Waals surface area contributed by atoms with Gasteiger partial charge in [-0.3, -0.25) is 14.5 Å². The quantitative estimate of drug-likeness (QED) is 0.187. The lowest BCUT2D eigenvalue weighted by atomic mass is 9.95. The lowest BCUT2D eigenvalue weighted by Crippen LogP contribution is -2.29. The van der Waals surface area contributed by atoms with Crippen LogP contribution >= 0.6 is 11.3 Å². The van der Waals surface area contributed by atoms with Crippen LogP contribution in [0, 0.1) is 5.82 Å². The molecule has 1 aromatic heterocycles. The normalized spacial score (nSPS) is 16.9. The number of aliphatic hydroxyl groups is 1. The van der Waals surface area contributed by atoms with Gasteiger partial charge >= 0.3 is 5.91 Å². The number of benzene rings is 3. The molecule has 1 unspecified atom stereocenters. The van der Waals surface area contributed by atoms with Crippen molar-refractivity contribution in [1.82, 2.24) is 4.98 Å². The topological polar surface area (TPSA) is 89.0 Å². The number of carbonyl (C=O) groups is 2. The fraction of sp³-hybridized carbons (Fsp3) is 0.179. The molecule has 1 N–H and O–H groups in total. The Morgan fingerprint density at radius 2 is 1.86 bits per heavy atom. The van der Waals surface area contributed by atoms with E-state index in [-0.39, 0.29) is 11.1 Å². The average molecular weight is 519 g/mol. The molecule has 9 heteroatoms. The van der Waals surface area contributed by atoms with Gasteiger partial charge in [0.25, 0.3) is 5.78 Å². The summed E-state index contributed by atoms with van der Waals surface area (Å²) in [5.41, 5.74) is 1.31. The molecule has 37 heavy (non-hydrogen) atoms. The van der Waals surface area contributed by atoms with E-state index in [9.17, 15) is 19.1 Å². The van der Waals surface area contributed by atoms with Crippen molar-refractivity contribution in [2.45, 2.75) is 19.4 Å². The fourth-order valence-electron chi connectivity index (χ4n) is 4.23. The number of halogens is 1. The van der Waals surface area contributed by atoms with Crippen LogP contribution in [0.1, 0.15) is 30.5 Å². The summed E-state index contributed by atoms with van der Waals surface area (Å²) >= 11 is 1.23. The van der Waals surface area contributed by atoms with Gasteiger partial charge in [0, 0.05) is 5.56 Å². The molecule has 1 saturated heterocycles. The van der Waals surface area contributed by atoms with E-state index in [0.29, 0.717) is 34.3 Å². The van der Waals surface area contributed by atoms with Crippen LogP contribution in [-0.4, -0.2) is 35.5 Å². The lowest BCUT2D eigenvalue weighted by molar-refractivity contribution is -0.132. The summed E-state index contributed by atoms with van der Waals surface area (Å²) in [6.07, 6.45) is 0.808. The number of carbonyl (C=O) groups excluding carboxylic acids is 2. The van der Waals surface area contributed by atoms with Crippen molar-refractivity contribution in [3.8, 4) is 11.5 Å². The minimum atomic E-state index is -0.974. The van der Waals surface area contributed by atoms with E-state index in [4.69, 9.17) is 9.47 Å². The van der Waals surface area contributed by atoms with Gasteiger partial charge in [0.15, 0.2) is 5.13 Å². The number of fused-ring (bicyclic) bond motifs is 1. The molecule has 0 radical (unpaired) electrons. The maximum atomic E-state index is 13.5. The highest BCUT2D eigenvalue weighted by Crippen LogP contribution is 2.45. The van der Waals surface area contributed by atoms with Gasteiger partial charge in [-0.2, -0.15) is 0 Å². The number of ether oxygens (including phenoxy) is 2. The van der Waals surface area contributed by atoms with Crippen molar-refractivity contribution < 1.29 is 28.6 Å². The van der Waals surface area contributed by atoms with Crippen LogP contribution < -0.4 is 14.4 Å². The van der Waals surface area contributed by atoms with Crippen molar-refractivity contribution in [3.05, 3.63) is 89.2 Å². The van der Waals surface area contributed by atoms with Gasteiger partial charge in [-0.05, 0) is 66.6 Å². The molecule has 0 spiro atoms. The summed E-state index contributed by atoms with van der Waals surface area (Å²) in [6.45, 7) is 2.49.